The summed E-state index contributed by atoms with van der Waals surface area (Å²) in [4.78, 5) is 13.6. The minimum absolute atomic E-state index is 0.448. The van der Waals surface area contributed by atoms with Crippen LogP contribution in [0.25, 0.3) is 16.7 Å². The van der Waals surface area contributed by atoms with Gasteiger partial charge >= 0.3 is 0 Å². The van der Waals surface area contributed by atoms with Gasteiger partial charge in [-0.15, -0.1) is 0 Å². The second-order valence-corrected chi connectivity index (χ2v) is 29.3. The average molecular weight is 1060 g/mol. The Morgan fingerprint density at radius 1 is 0.600 bits per heavy atom. The lowest BCUT2D eigenvalue weighted by molar-refractivity contribution is -0.119. The van der Waals surface area contributed by atoms with E-state index >= 15 is 0 Å². The van der Waals surface area contributed by atoms with Gasteiger partial charge in [0.2, 0.25) is 0 Å². The molecule has 11 atom stereocenters. The molecule has 11 unspecified atom stereocenters. The maximum Gasteiger partial charge on any atom is 0.133 e. The van der Waals surface area contributed by atoms with E-state index in [-0.39, 0.29) is 0 Å². The van der Waals surface area contributed by atoms with E-state index < -0.39 is 0 Å². The molecular formula is C79H98O. The monoisotopic (exact) mass is 1060 g/mol. The van der Waals surface area contributed by atoms with Gasteiger partial charge in [-0.3, -0.25) is 4.79 Å². The molecular weight excluding hydrogens is 965 g/mol. The fourth-order valence-corrected chi connectivity index (χ4v) is 19.8. The van der Waals surface area contributed by atoms with Gasteiger partial charge in [-0.25, -0.2) is 0 Å². The van der Waals surface area contributed by atoms with Crippen molar-refractivity contribution >= 4 is 11.4 Å². The highest BCUT2D eigenvalue weighted by Gasteiger charge is 2.56. The number of allylic oxidation sites excluding steroid dienone is 4. The van der Waals surface area contributed by atoms with Crippen LogP contribution in [0.15, 0.2) is 109 Å². The van der Waals surface area contributed by atoms with Crippen LogP contribution >= 0.6 is 0 Å². The van der Waals surface area contributed by atoms with E-state index in [1.54, 1.807) is 50.1 Å². The number of benzene rings is 5. The molecule has 8 aliphatic rings. The van der Waals surface area contributed by atoms with Gasteiger partial charge in [0.05, 0.1) is 0 Å². The number of carbonyl (C=O) groups excluding carboxylic acids is 1. The van der Waals surface area contributed by atoms with Crippen molar-refractivity contribution in [2.24, 2.45) is 52.8 Å². The molecule has 80 heavy (non-hydrogen) atoms. The molecule has 0 heterocycles. The summed E-state index contributed by atoms with van der Waals surface area (Å²) in [6.07, 6.45) is 37.0. The van der Waals surface area contributed by atoms with Crippen molar-refractivity contribution in [3.05, 3.63) is 181 Å². The van der Waals surface area contributed by atoms with E-state index in [0.29, 0.717) is 35.4 Å². The minimum atomic E-state index is 0.448. The van der Waals surface area contributed by atoms with E-state index in [1.165, 1.54) is 179 Å². The first-order valence-electron chi connectivity index (χ1n) is 33.4. The van der Waals surface area contributed by atoms with E-state index in [1.807, 2.05) is 0 Å². The number of hydrogen-bond donors (Lipinski definition) is 0. The average Bonchev–Trinajstić information content (AvgIpc) is 4.19. The summed E-state index contributed by atoms with van der Waals surface area (Å²) in [6.45, 7) is 14.8. The zero-order valence-corrected chi connectivity index (χ0v) is 50.5. The summed E-state index contributed by atoms with van der Waals surface area (Å²) in [5.74, 6) is 9.10. The number of rotatable bonds is 18. The molecule has 0 aromatic heterocycles. The first kappa shape index (κ1) is 54.5. The number of ketones is 1. The maximum absolute atomic E-state index is 13.6. The normalized spacial score (nSPS) is 28.6. The van der Waals surface area contributed by atoms with Crippen molar-refractivity contribution in [3.8, 4) is 11.1 Å². The fraction of sp³-hybridized carbons (Fsp3) is 0.557. The summed E-state index contributed by atoms with van der Waals surface area (Å²) >= 11 is 0. The van der Waals surface area contributed by atoms with E-state index in [0.717, 1.165) is 73.0 Å². The lowest BCUT2D eigenvalue weighted by atomic mass is 9.48. The lowest BCUT2D eigenvalue weighted by Crippen LogP contribution is -2.49. The predicted octanol–water partition coefficient (Wildman–Crippen LogP) is 20.8. The van der Waals surface area contributed by atoms with Gasteiger partial charge < -0.3 is 0 Å². The molecule has 0 saturated heterocycles. The van der Waals surface area contributed by atoms with Gasteiger partial charge in [0.15, 0.2) is 0 Å². The molecule has 4 fully saturated rings. The van der Waals surface area contributed by atoms with Crippen molar-refractivity contribution in [2.45, 2.75) is 226 Å². The molecule has 1 nitrogen and oxygen atoms in total. The number of fused-ring (bicyclic) bond motifs is 11. The Balaban J connectivity index is 0.583. The fourth-order valence-electron chi connectivity index (χ4n) is 19.8. The van der Waals surface area contributed by atoms with Crippen molar-refractivity contribution < 1.29 is 4.79 Å². The number of unbranched alkanes of at least 4 members (excludes halogenated alkanes) is 6. The summed E-state index contributed by atoms with van der Waals surface area (Å²) in [6, 6.07) is 36.8. The largest absolute Gasteiger partial charge is 0.300 e. The molecule has 420 valence electrons. The third-order valence-electron chi connectivity index (χ3n) is 23.6. The van der Waals surface area contributed by atoms with Crippen LogP contribution in [-0.4, -0.2) is 5.78 Å². The number of Topliss-reactive ketones (excluding diaryl/α,β-unsaturated/α-hetero) is 1. The van der Waals surface area contributed by atoms with Crippen LogP contribution in [0.1, 0.15) is 246 Å². The second-order valence-electron chi connectivity index (χ2n) is 29.3. The zero-order chi connectivity index (χ0) is 54.6. The predicted molar refractivity (Wildman–Crippen MR) is 337 cm³/mol. The van der Waals surface area contributed by atoms with E-state index in [4.69, 9.17) is 0 Å². The smallest absolute Gasteiger partial charge is 0.133 e. The Kier molecular flexibility index (Phi) is 15.8. The van der Waals surface area contributed by atoms with Gasteiger partial charge in [0.1, 0.15) is 5.78 Å². The molecule has 0 spiro atoms. The number of aryl methyl sites for hydroxylation is 6. The molecule has 2 bridgehead atoms. The Morgan fingerprint density at radius 3 is 2.24 bits per heavy atom. The molecule has 8 aliphatic carbocycles. The second kappa shape index (κ2) is 23.1. The molecule has 0 radical (unpaired) electrons. The molecule has 13 rings (SSSR count). The lowest BCUT2D eigenvalue weighted by Gasteiger charge is -2.57. The number of hydrogen-bond acceptors (Lipinski definition) is 1. The van der Waals surface area contributed by atoms with Crippen LogP contribution in [0.3, 0.4) is 0 Å². The van der Waals surface area contributed by atoms with Crippen LogP contribution in [0.4, 0.5) is 0 Å². The first-order valence-corrected chi connectivity index (χ1v) is 33.4. The first-order chi connectivity index (χ1) is 38.9. The highest BCUT2D eigenvalue weighted by Crippen LogP contribution is 2.65. The Labute approximate surface area is 484 Å². The van der Waals surface area contributed by atoms with E-state index in [2.05, 4.69) is 145 Å². The Bertz CT molecular complexity index is 3130. The molecule has 0 amide bonds. The van der Waals surface area contributed by atoms with Gasteiger partial charge in [0.25, 0.3) is 0 Å². The SMILES string of the molecule is Cc1cccc(-c2ccc3c(c2)C(CCc2ccc(CCCCCCCCCC(=O)CCc4cc(C)cc(C5c6cc7c(cc6CC6CC8CC(C)(C)C9CC(C)CC9C8CC65)CCC5=C7CC=C5)c4C)cc2)C2CCCC3C2)c1. The summed E-state index contributed by atoms with van der Waals surface area (Å²) < 4.78 is 0. The van der Waals surface area contributed by atoms with Crippen molar-refractivity contribution in [3.63, 3.8) is 0 Å². The van der Waals surface area contributed by atoms with Gasteiger partial charge in [-0.05, 0) is 284 Å². The topological polar surface area (TPSA) is 17.1 Å². The highest BCUT2D eigenvalue weighted by atomic mass is 16.1. The van der Waals surface area contributed by atoms with Crippen molar-refractivity contribution in [2.75, 3.05) is 0 Å². The number of carbonyl (C=O) groups is 1. The minimum Gasteiger partial charge on any atom is -0.300 e. The van der Waals surface area contributed by atoms with Crippen LogP contribution in [-0.2, 0) is 36.9 Å². The Hall–Kier alpha value is -4.75. The molecule has 0 aliphatic heterocycles. The molecule has 0 N–H and O–H groups in total. The summed E-state index contributed by atoms with van der Waals surface area (Å²) in [7, 11) is 0. The van der Waals surface area contributed by atoms with Gasteiger partial charge in [-0.1, -0.05) is 174 Å². The Morgan fingerprint density at radius 2 is 1.40 bits per heavy atom. The third kappa shape index (κ3) is 11.0. The van der Waals surface area contributed by atoms with Crippen LogP contribution in [0, 0.1) is 73.5 Å². The summed E-state index contributed by atoms with van der Waals surface area (Å²) in [5, 5.41) is 0. The third-order valence-corrected chi connectivity index (χ3v) is 23.6. The van der Waals surface area contributed by atoms with Crippen LogP contribution in [0.2, 0.25) is 0 Å². The van der Waals surface area contributed by atoms with Crippen LogP contribution < -0.4 is 0 Å². The zero-order valence-electron chi connectivity index (χ0n) is 50.5. The van der Waals surface area contributed by atoms with E-state index in [9.17, 15) is 4.79 Å². The van der Waals surface area contributed by atoms with Crippen molar-refractivity contribution in [1.82, 2.24) is 0 Å². The van der Waals surface area contributed by atoms with Crippen LogP contribution in [0.5, 0.6) is 0 Å². The van der Waals surface area contributed by atoms with Gasteiger partial charge in [0, 0.05) is 18.8 Å². The van der Waals surface area contributed by atoms with Crippen molar-refractivity contribution in [1.29, 1.82) is 0 Å². The summed E-state index contributed by atoms with van der Waals surface area (Å²) in [5.41, 5.74) is 26.6. The molecule has 5 aromatic rings. The quantitative estimate of drug-likeness (QED) is 0.0800. The highest BCUT2D eigenvalue weighted by molar-refractivity contribution is 5.80. The molecule has 1 heteroatoms. The standard InChI is InChI=1S/C79H98O/c1-50-17-14-20-58(37-50)59-33-36-69-61-22-15-21-60(42-61)68(75(69)46-59)35-29-55-27-25-54(26-28-55)18-12-10-8-7-9-11-13-23-66(80)34-32-57-38-51(2)39-70(53(57)4)78-73-47-71-62(31-30-56-19-16-24-67(56)71)43-63(73)44-64-45-65-49-79(5,6)77-41-52(3)40-76(77)72(65)48-74(64)78/h14,16-17,19-20,25-28,33,36-39,43,46-47,52,60-61,64-65,68,72,74,76-78H,7-13,15,18,21-24,29-32,34-35,40-42,44-45,48-49H2,1-6H3. The van der Waals surface area contributed by atoms with Gasteiger partial charge in [-0.2, -0.15) is 0 Å². The maximum atomic E-state index is 13.6. The molecule has 4 saturated carbocycles. The molecule has 5 aromatic carbocycles.